The molecule has 2 aliphatic heterocycles. The first-order chi connectivity index (χ1) is 10.3. The van der Waals surface area contributed by atoms with Gasteiger partial charge in [-0.3, -0.25) is 4.79 Å². The smallest absolute Gasteiger partial charge is 0.306 e. The summed E-state index contributed by atoms with van der Waals surface area (Å²) in [5, 5.41) is 1.05. The normalized spacial score (nSPS) is 20.0. The van der Waals surface area contributed by atoms with Crippen LogP contribution in [0.15, 0.2) is 41.4 Å². The molecule has 3 nitrogen and oxygen atoms in total. The van der Waals surface area contributed by atoms with Crippen LogP contribution in [0, 0.1) is 0 Å². The van der Waals surface area contributed by atoms with Crippen molar-refractivity contribution in [3.63, 3.8) is 0 Å². The van der Waals surface area contributed by atoms with Crippen LogP contribution in [0.4, 0.5) is 0 Å². The monoisotopic (exact) mass is 337 g/mol. The molecule has 6 heteroatoms. The largest absolute Gasteiger partial charge is 0.466 e. The van der Waals surface area contributed by atoms with Crippen molar-refractivity contribution in [2.45, 2.75) is 19.8 Å². The molecule has 0 amide bonds. The molecule has 1 aromatic carbocycles. The first kappa shape index (κ1) is 14.9. The third-order valence-electron chi connectivity index (χ3n) is 2.90. The third kappa shape index (κ3) is 3.62. The van der Waals surface area contributed by atoms with E-state index in [-0.39, 0.29) is 14.5 Å². The third-order valence-corrected chi connectivity index (χ3v) is 9.05. The molecule has 0 N–H and O–H groups in total. The van der Waals surface area contributed by atoms with Crippen LogP contribution in [0.3, 0.4) is 0 Å². The fraction of sp³-hybridized carbons (Fsp3) is 0.267. The fourth-order valence-corrected chi connectivity index (χ4v) is 8.33. The highest BCUT2D eigenvalue weighted by atomic mass is 33.5. The average Bonchev–Trinajstić information content (AvgIpc) is 3.04. The van der Waals surface area contributed by atoms with Crippen LogP contribution in [0.5, 0.6) is 0 Å². The van der Waals surface area contributed by atoms with E-state index in [9.17, 15) is 4.79 Å². The van der Waals surface area contributed by atoms with Crippen LogP contribution in [0.25, 0.3) is 4.91 Å². The Kier molecular flexibility index (Phi) is 4.87. The van der Waals surface area contributed by atoms with Crippen LogP contribution in [-0.4, -0.2) is 22.6 Å². The molecular formula is C15H15NO2S3. The lowest BCUT2D eigenvalue weighted by atomic mass is 10.2. The van der Waals surface area contributed by atoms with Crippen molar-refractivity contribution >= 4 is 51.0 Å². The molecule has 0 fully saturated rings. The molecule has 3 rings (SSSR count). The number of carbonyl (C=O) groups excluding carboxylic acids is 1. The molecule has 21 heavy (non-hydrogen) atoms. The topological polar surface area (TPSA) is 38.7 Å². The SMILES string of the molecule is CCOC(=O)CCC1=NC2=S(SC(c3ccccc3)=C2)S1. The molecule has 2 aliphatic rings. The Hall–Kier alpha value is -0.980. The lowest BCUT2D eigenvalue weighted by molar-refractivity contribution is -0.142. The van der Waals surface area contributed by atoms with E-state index in [4.69, 9.17) is 4.74 Å². The fourth-order valence-electron chi connectivity index (χ4n) is 1.94. The van der Waals surface area contributed by atoms with Crippen molar-refractivity contribution in [1.29, 1.82) is 0 Å². The van der Waals surface area contributed by atoms with Crippen molar-refractivity contribution < 1.29 is 9.53 Å². The Labute approximate surface area is 134 Å². The van der Waals surface area contributed by atoms with Crippen molar-refractivity contribution in [3.05, 3.63) is 42.0 Å². The second kappa shape index (κ2) is 6.85. The van der Waals surface area contributed by atoms with Gasteiger partial charge in [-0.1, -0.05) is 41.1 Å². The zero-order chi connectivity index (χ0) is 14.7. The maximum absolute atomic E-state index is 11.4. The highest BCUT2D eigenvalue weighted by Gasteiger charge is 2.25. The van der Waals surface area contributed by atoms with Gasteiger partial charge >= 0.3 is 5.97 Å². The number of ether oxygens (including phenoxy) is 1. The summed E-state index contributed by atoms with van der Waals surface area (Å²) < 4.78 is 4.95. The van der Waals surface area contributed by atoms with E-state index >= 15 is 0 Å². The van der Waals surface area contributed by atoms with E-state index in [0.29, 0.717) is 19.4 Å². The Morgan fingerprint density at radius 2 is 2.10 bits per heavy atom. The standard InChI is InChI=1S/C15H15NO2S3/c1-2-18-15(17)9-8-13-16-14-10-12(19-21(14)20-13)11-6-4-3-5-7-11/h3-7,10H,2,8-9H2,1H3. The molecule has 0 spiro atoms. The predicted octanol–water partition coefficient (Wildman–Crippen LogP) is 4.49. The van der Waals surface area contributed by atoms with Gasteiger partial charge in [0, 0.05) is 11.3 Å². The number of benzene rings is 1. The average molecular weight is 337 g/mol. The molecule has 0 aliphatic carbocycles. The molecule has 1 atom stereocenters. The Balaban J connectivity index is 1.61. The molecule has 0 saturated carbocycles. The molecule has 0 saturated heterocycles. The van der Waals surface area contributed by atoms with Crippen LogP contribution in [0.2, 0.25) is 0 Å². The molecule has 1 aromatic rings. The highest BCUT2D eigenvalue weighted by Crippen LogP contribution is 2.59. The molecule has 0 aromatic heterocycles. The minimum absolute atomic E-state index is 0.0546. The van der Waals surface area contributed by atoms with Crippen molar-refractivity contribution in [1.82, 2.24) is 0 Å². The quantitative estimate of drug-likeness (QED) is 0.451. The maximum Gasteiger partial charge on any atom is 0.306 e. The van der Waals surface area contributed by atoms with Gasteiger partial charge in [0.1, 0.15) is 4.99 Å². The van der Waals surface area contributed by atoms with E-state index in [0.717, 1.165) is 10.0 Å². The lowest BCUT2D eigenvalue weighted by Crippen LogP contribution is -2.05. The number of esters is 1. The Morgan fingerprint density at radius 1 is 1.29 bits per heavy atom. The number of hydrogen-bond acceptors (Lipinski definition) is 5. The van der Waals surface area contributed by atoms with Crippen molar-refractivity contribution in [3.8, 4) is 0 Å². The van der Waals surface area contributed by atoms with E-state index in [1.807, 2.05) is 23.8 Å². The maximum atomic E-state index is 11.4. The Bertz CT molecular complexity index is 650. The van der Waals surface area contributed by atoms with Gasteiger partial charge in [-0.15, -0.1) is 0 Å². The predicted molar refractivity (Wildman–Crippen MR) is 95.5 cm³/mol. The highest BCUT2D eigenvalue weighted by molar-refractivity contribution is 9.20. The molecule has 0 bridgehead atoms. The summed E-state index contributed by atoms with van der Waals surface area (Å²) in [7, 11) is 3.70. The molecule has 110 valence electrons. The summed E-state index contributed by atoms with van der Waals surface area (Å²) in [6, 6.07) is 10.4. The summed E-state index contributed by atoms with van der Waals surface area (Å²) in [5.41, 5.74) is 1.25. The first-order valence-electron chi connectivity index (χ1n) is 6.74. The molecule has 1 unspecified atom stereocenters. The van der Waals surface area contributed by atoms with Gasteiger partial charge in [-0.05, 0) is 37.9 Å². The minimum Gasteiger partial charge on any atom is -0.466 e. The number of nitrogens with zero attached hydrogens (tertiary/aromatic N) is 1. The second-order valence-corrected chi connectivity index (χ2v) is 10.2. The van der Waals surface area contributed by atoms with Crippen LogP contribution in [-0.2, 0) is 9.53 Å². The number of hydrogen-bond donors (Lipinski definition) is 0. The van der Waals surface area contributed by atoms with E-state index in [1.54, 1.807) is 10.8 Å². The number of carbonyl (C=O) groups is 1. The van der Waals surface area contributed by atoms with E-state index in [1.165, 1.54) is 10.5 Å². The molecular weight excluding hydrogens is 322 g/mol. The summed E-state index contributed by atoms with van der Waals surface area (Å²) in [6.07, 6.45) is 3.28. The van der Waals surface area contributed by atoms with Gasteiger partial charge in [0.15, 0.2) is 0 Å². The number of aliphatic imine (C=N–C) groups is 1. The van der Waals surface area contributed by atoms with Gasteiger partial charge in [0.25, 0.3) is 0 Å². The zero-order valence-corrected chi connectivity index (χ0v) is 14.0. The van der Waals surface area contributed by atoms with Gasteiger partial charge in [-0.25, -0.2) is 4.99 Å². The van der Waals surface area contributed by atoms with Gasteiger partial charge < -0.3 is 4.74 Å². The van der Waals surface area contributed by atoms with Crippen molar-refractivity contribution in [2.75, 3.05) is 6.61 Å². The summed E-state index contributed by atoms with van der Waals surface area (Å²) in [5.74, 6) is -0.139. The molecule has 0 radical (unpaired) electrons. The summed E-state index contributed by atoms with van der Waals surface area (Å²) in [6.45, 7) is 2.27. The van der Waals surface area contributed by atoms with Gasteiger partial charge in [0.05, 0.1) is 18.1 Å². The van der Waals surface area contributed by atoms with E-state index in [2.05, 4.69) is 35.3 Å². The minimum atomic E-state index is -0.139. The Morgan fingerprint density at radius 3 is 2.81 bits per heavy atom. The lowest BCUT2D eigenvalue weighted by Gasteiger charge is -2.05. The van der Waals surface area contributed by atoms with Crippen LogP contribution < -0.4 is 0 Å². The number of rotatable bonds is 5. The summed E-state index contributed by atoms with van der Waals surface area (Å²) in [4.78, 5) is 18.5. The zero-order valence-electron chi connectivity index (χ0n) is 11.6. The first-order valence-corrected chi connectivity index (χ1v) is 10.6. The van der Waals surface area contributed by atoms with Gasteiger partial charge in [0.2, 0.25) is 0 Å². The van der Waals surface area contributed by atoms with Crippen LogP contribution >= 0.6 is 30.1 Å². The van der Waals surface area contributed by atoms with Gasteiger partial charge in [-0.2, -0.15) is 0 Å². The molecule has 2 heterocycles. The summed E-state index contributed by atoms with van der Waals surface area (Å²) >= 11 is 0. The van der Waals surface area contributed by atoms with Crippen molar-refractivity contribution in [2.24, 2.45) is 4.99 Å². The van der Waals surface area contributed by atoms with E-state index < -0.39 is 0 Å². The van der Waals surface area contributed by atoms with Crippen LogP contribution in [0.1, 0.15) is 25.3 Å². The second-order valence-electron chi connectivity index (χ2n) is 4.42.